The minimum absolute atomic E-state index is 0.207. The molecule has 0 radical (unpaired) electrons. The monoisotopic (exact) mass is 363 g/mol. The largest absolute Gasteiger partial charge is 0.459 e. The Hall–Kier alpha value is -3.63. The highest BCUT2D eigenvalue weighted by Gasteiger charge is 2.14. The van der Waals surface area contributed by atoms with Crippen molar-refractivity contribution in [3.8, 4) is 17.5 Å². The van der Waals surface area contributed by atoms with Gasteiger partial charge in [-0.1, -0.05) is 11.6 Å². The molecule has 2 N–H and O–H groups in total. The normalized spacial score (nSPS) is 10.6. The molecule has 3 heterocycles. The lowest BCUT2D eigenvalue weighted by molar-refractivity contribution is 0.0996. The van der Waals surface area contributed by atoms with E-state index in [4.69, 9.17) is 21.3 Å². The molecule has 0 fully saturated rings. The molecule has 0 saturated heterocycles. The zero-order chi connectivity index (χ0) is 18.1. The molecule has 4 aromatic rings. The number of rotatable bonds is 3. The van der Waals surface area contributed by atoms with E-state index < -0.39 is 0 Å². The molecule has 0 bridgehead atoms. The van der Waals surface area contributed by atoms with Crippen molar-refractivity contribution in [1.82, 2.24) is 15.0 Å². The second-order valence-electron chi connectivity index (χ2n) is 5.42. The van der Waals surface area contributed by atoms with Gasteiger partial charge >= 0.3 is 0 Å². The molecule has 126 valence electrons. The molecule has 4 rings (SSSR count). The lowest BCUT2D eigenvalue weighted by Crippen LogP contribution is -2.10. The third kappa shape index (κ3) is 2.90. The third-order valence-corrected chi connectivity index (χ3v) is 4.02. The fourth-order valence-corrected chi connectivity index (χ4v) is 2.68. The minimum atomic E-state index is -0.367. The number of benzene rings is 1. The van der Waals surface area contributed by atoms with Gasteiger partial charge in [0.2, 0.25) is 0 Å². The quantitative estimate of drug-likeness (QED) is 0.572. The number of nitrogens with zero attached hydrogens (tertiary/aromatic N) is 3. The van der Waals surface area contributed by atoms with E-state index in [1.54, 1.807) is 36.4 Å². The Morgan fingerprint density at radius 3 is 2.96 bits per heavy atom. The predicted molar refractivity (Wildman–Crippen MR) is 95.7 cm³/mol. The molecule has 1 amide bonds. The first-order valence-corrected chi connectivity index (χ1v) is 7.92. The van der Waals surface area contributed by atoms with Crippen LogP contribution in [0.4, 0.5) is 5.69 Å². The number of halogens is 1. The first kappa shape index (κ1) is 15.9. The molecule has 3 aromatic heterocycles. The fourth-order valence-electron chi connectivity index (χ4n) is 2.47. The number of imidazole rings is 1. The van der Waals surface area contributed by atoms with Crippen LogP contribution in [0.15, 0.2) is 53.3 Å². The predicted octanol–water partition coefficient (Wildman–Crippen LogP) is 4.00. The van der Waals surface area contributed by atoms with E-state index in [2.05, 4.69) is 20.3 Å². The molecule has 26 heavy (non-hydrogen) atoms. The van der Waals surface area contributed by atoms with Gasteiger partial charge in [-0.05, 0) is 36.4 Å². The van der Waals surface area contributed by atoms with Crippen molar-refractivity contribution < 1.29 is 9.21 Å². The summed E-state index contributed by atoms with van der Waals surface area (Å²) in [4.78, 5) is 23.8. The van der Waals surface area contributed by atoms with E-state index in [9.17, 15) is 4.79 Å². The maximum absolute atomic E-state index is 12.1. The van der Waals surface area contributed by atoms with E-state index in [0.29, 0.717) is 38.8 Å². The van der Waals surface area contributed by atoms with Crippen molar-refractivity contribution in [2.75, 3.05) is 5.32 Å². The maximum Gasteiger partial charge on any atom is 0.291 e. The van der Waals surface area contributed by atoms with E-state index in [1.165, 1.54) is 12.5 Å². The van der Waals surface area contributed by atoms with Gasteiger partial charge in [-0.2, -0.15) is 5.26 Å². The number of aromatic amines is 1. The van der Waals surface area contributed by atoms with Gasteiger partial charge in [-0.15, -0.1) is 0 Å². The van der Waals surface area contributed by atoms with Crippen molar-refractivity contribution in [3.63, 3.8) is 0 Å². The van der Waals surface area contributed by atoms with Gasteiger partial charge in [0, 0.05) is 17.4 Å². The lowest BCUT2D eigenvalue weighted by Gasteiger charge is -2.07. The van der Waals surface area contributed by atoms with Gasteiger partial charge < -0.3 is 14.7 Å². The summed E-state index contributed by atoms with van der Waals surface area (Å²) < 4.78 is 5.08. The second kappa shape index (κ2) is 6.35. The molecular formula is C18H10ClN5O2. The molecule has 0 aliphatic heterocycles. The van der Waals surface area contributed by atoms with Crippen LogP contribution in [-0.2, 0) is 0 Å². The van der Waals surface area contributed by atoms with E-state index >= 15 is 0 Å². The van der Waals surface area contributed by atoms with E-state index in [-0.39, 0.29) is 11.7 Å². The van der Waals surface area contributed by atoms with E-state index in [0.717, 1.165) is 0 Å². The lowest BCUT2D eigenvalue weighted by atomic mass is 10.2. The average Bonchev–Trinajstić information content (AvgIpc) is 3.32. The summed E-state index contributed by atoms with van der Waals surface area (Å²) in [5.74, 6) is 0.327. The summed E-state index contributed by atoms with van der Waals surface area (Å²) in [5, 5.41) is 12.2. The molecule has 0 aliphatic rings. The van der Waals surface area contributed by atoms with Gasteiger partial charge in [-0.3, -0.25) is 4.79 Å². The number of hydrogen-bond acceptors (Lipinski definition) is 5. The Morgan fingerprint density at radius 1 is 1.31 bits per heavy atom. The minimum Gasteiger partial charge on any atom is -0.459 e. The number of furan rings is 1. The Labute approximate surface area is 152 Å². The fraction of sp³-hybridized carbons (Fsp3) is 0. The highest BCUT2D eigenvalue weighted by atomic mass is 35.5. The van der Waals surface area contributed by atoms with Gasteiger partial charge in [0.1, 0.15) is 11.9 Å². The molecule has 0 saturated carbocycles. The van der Waals surface area contributed by atoms with Gasteiger partial charge in [0.15, 0.2) is 11.4 Å². The molecule has 0 spiro atoms. The van der Waals surface area contributed by atoms with Crippen molar-refractivity contribution in [3.05, 3.63) is 65.2 Å². The number of nitriles is 1. The SMILES string of the molecule is N#Cc1cnc2nc(-c3cc(NC(=O)c4ccco4)ccc3Cl)[nH]c2c1. The van der Waals surface area contributed by atoms with Crippen molar-refractivity contribution in [2.45, 2.75) is 0 Å². The number of pyridine rings is 1. The smallest absolute Gasteiger partial charge is 0.291 e. The zero-order valence-corrected chi connectivity index (χ0v) is 13.9. The third-order valence-electron chi connectivity index (χ3n) is 3.69. The first-order valence-electron chi connectivity index (χ1n) is 7.54. The molecule has 0 atom stereocenters. The van der Waals surface area contributed by atoms with Gasteiger partial charge in [-0.25, -0.2) is 9.97 Å². The molecular weight excluding hydrogens is 354 g/mol. The van der Waals surface area contributed by atoms with Crippen molar-refractivity contribution >= 4 is 34.4 Å². The number of hydrogen-bond donors (Lipinski definition) is 2. The summed E-state index contributed by atoms with van der Waals surface area (Å²) in [5.41, 5.74) is 2.66. The average molecular weight is 364 g/mol. The van der Waals surface area contributed by atoms with Gasteiger partial charge in [0.05, 0.1) is 22.4 Å². The van der Waals surface area contributed by atoms with Crippen LogP contribution < -0.4 is 5.32 Å². The highest BCUT2D eigenvalue weighted by Crippen LogP contribution is 2.30. The number of fused-ring (bicyclic) bond motifs is 1. The molecule has 1 aromatic carbocycles. The van der Waals surface area contributed by atoms with Crippen LogP contribution in [0.1, 0.15) is 16.1 Å². The molecule has 0 aliphatic carbocycles. The molecule has 7 nitrogen and oxygen atoms in total. The standard InChI is InChI=1S/C18H10ClN5O2/c19-13-4-3-11(22-18(25)15-2-1-5-26-15)7-12(13)16-23-14-6-10(8-20)9-21-17(14)24-16/h1-7,9H,(H,22,25)(H,21,23,24). The summed E-state index contributed by atoms with van der Waals surface area (Å²) in [7, 11) is 0. The van der Waals surface area contributed by atoms with Crippen molar-refractivity contribution in [2.24, 2.45) is 0 Å². The summed E-state index contributed by atoms with van der Waals surface area (Å²) in [6.07, 6.45) is 2.88. The van der Waals surface area contributed by atoms with Crippen LogP contribution in [0, 0.1) is 11.3 Å². The first-order chi connectivity index (χ1) is 12.6. The Kier molecular flexibility index (Phi) is 3.88. The number of anilines is 1. The number of H-pyrrole nitrogens is 1. The van der Waals surface area contributed by atoms with Crippen LogP contribution in [0.3, 0.4) is 0 Å². The number of carbonyl (C=O) groups excluding carboxylic acids is 1. The summed E-state index contributed by atoms with van der Waals surface area (Å²) in [6.45, 7) is 0. The number of carbonyl (C=O) groups is 1. The highest BCUT2D eigenvalue weighted by molar-refractivity contribution is 6.33. The summed E-state index contributed by atoms with van der Waals surface area (Å²) in [6, 6.07) is 11.9. The van der Waals surface area contributed by atoms with Crippen LogP contribution in [0.2, 0.25) is 5.02 Å². The molecule has 8 heteroatoms. The maximum atomic E-state index is 12.1. The van der Waals surface area contributed by atoms with Gasteiger partial charge in [0.25, 0.3) is 5.91 Å². The number of aromatic nitrogens is 3. The van der Waals surface area contributed by atoms with Crippen LogP contribution in [0.5, 0.6) is 0 Å². The Balaban J connectivity index is 1.70. The second-order valence-corrected chi connectivity index (χ2v) is 5.83. The zero-order valence-electron chi connectivity index (χ0n) is 13.2. The Morgan fingerprint density at radius 2 is 2.19 bits per heavy atom. The Bertz CT molecular complexity index is 1160. The van der Waals surface area contributed by atoms with E-state index in [1.807, 2.05) is 6.07 Å². The number of amides is 1. The topological polar surface area (TPSA) is 108 Å². The van der Waals surface area contributed by atoms with Crippen LogP contribution >= 0.6 is 11.6 Å². The van der Waals surface area contributed by atoms with Crippen molar-refractivity contribution in [1.29, 1.82) is 5.26 Å². The molecule has 0 unspecified atom stereocenters. The van der Waals surface area contributed by atoms with Crippen LogP contribution in [-0.4, -0.2) is 20.9 Å². The number of nitrogens with one attached hydrogen (secondary N) is 2. The summed E-state index contributed by atoms with van der Waals surface area (Å²) >= 11 is 6.29. The van der Waals surface area contributed by atoms with Crippen LogP contribution in [0.25, 0.3) is 22.6 Å².